The predicted molar refractivity (Wildman–Crippen MR) is 74.4 cm³/mol. The third kappa shape index (κ3) is 1.82. The molecule has 0 atom stereocenters. The normalized spacial score (nSPS) is 14.4. The Morgan fingerprint density at radius 3 is 2.70 bits per heavy atom. The highest BCUT2D eigenvalue weighted by Gasteiger charge is 2.16. The van der Waals surface area contributed by atoms with E-state index in [0.29, 0.717) is 24.3 Å². The molecule has 3 aromatic rings. The average Bonchev–Trinajstić information content (AvgIpc) is 2.96. The minimum Gasteiger partial charge on any atom is -0.489 e. The van der Waals surface area contributed by atoms with Crippen molar-refractivity contribution in [2.75, 3.05) is 13.2 Å². The van der Waals surface area contributed by atoms with Crippen LogP contribution in [0.25, 0.3) is 22.4 Å². The van der Waals surface area contributed by atoms with Crippen LogP contribution in [-0.4, -0.2) is 23.2 Å². The summed E-state index contributed by atoms with van der Waals surface area (Å²) in [5.41, 5.74) is 2.42. The van der Waals surface area contributed by atoms with Crippen LogP contribution < -0.4 is 9.47 Å². The van der Waals surface area contributed by atoms with Crippen molar-refractivity contribution in [1.29, 1.82) is 0 Å². The van der Waals surface area contributed by atoms with E-state index in [1.807, 2.05) is 12.1 Å². The first-order chi connectivity index (χ1) is 9.81. The number of aromatic amines is 1. The van der Waals surface area contributed by atoms with Gasteiger partial charge in [0.25, 0.3) is 0 Å². The number of aromatic nitrogens is 2. The zero-order valence-electron chi connectivity index (χ0n) is 10.5. The number of halogens is 1. The molecule has 20 heavy (non-hydrogen) atoms. The van der Waals surface area contributed by atoms with E-state index in [2.05, 4.69) is 9.97 Å². The summed E-state index contributed by atoms with van der Waals surface area (Å²) in [5.74, 6) is 2.13. The van der Waals surface area contributed by atoms with Crippen LogP contribution in [0.4, 0.5) is 0 Å². The lowest BCUT2D eigenvalue weighted by Crippen LogP contribution is -1.97. The number of rotatable bonds is 1. The first kappa shape index (κ1) is 11.7. The molecule has 3 heterocycles. The van der Waals surface area contributed by atoms with E-state index >= 15 is 0 Å². The zero-order chi connectivity index (χ0) is 13.5. The van der Waals surface area contributed by atoms with Crippen LogP contribution in [0.2, 0.25) is 5.22 Å². The number of benzene rings is 1. The van der Waals surface area contributed by atoms with Gasteiger partial charge in [-0.1, -0.05) is 0 Å². The molecule has 6 heteroatoms. The van der Waals surface area contributed by atoms with Crippen LogP contribution >= 0.6 is 11.6 Å². The molecule has 0 saturated heterocycles. The molecule has 0 aliphatic carbocycles. The third-order valence-electron chi connectivity index (χ3n) is 3.22. The lowest BCUT2D eigenvalue weighted by Gasteiger charge is -2.05. The van der Waals surface area contributed by atoms with Crippen molar-refractivity contribution < 1.29 is 13.9 Å². The number of hydrogen-bond donors (Lipinski definition) is 1. The molecule has 2 aromatic heterocycles. The van der Waals surface area contributed by atoms with Gasteiger partial charge in [-0.25, -0.2) is 4.98 Å². The molecular weight excluding hydrogens is 280 g/mol. The molecule has 0 bridgehead atoms. The standard InChI is InChI=1S/C14H11ClN2O3/c15-13-8(2-5-20-13)14-16-9-6-11-12(7-10(9)17-14)19-4-1-3-18-11/h2,5-7H,1,3-4H2,(H,16,17). The van der Waals surface area contributed by atoms with Crippen LogP contribution in [0.15, 0.2) is 28.9 Å². The third-order valence-corrected chi connectivity index (χ3v) is 3.52. The Hall–Kier alpha value is -2.14. The summed E-state index contributed by atoms with van der Waals surface area (Å²) in [4.78, 5) is 7.74. The quantitative estimate of drug-likeness (QED) is 0.743. The molecule has 1 aromatic carbocycles. The van der Waals surface area contributed by atoms with Gasteiger partial charge in [-0.2, -0.15) is 0 Å². The highest BCUT2D eigenvalue weighted by atomic mass is 35.5. The molecule has 0 radical (unpaired) electrons. The Kier molecular flexibility index (Phi) is 2.60. The molecule has 1 N–H and O–H groups in total. The van der Waals surface area contributed by atoms with E-state index in [1.165, 1.54) is 6.26 Å². The molecule has 1 aliphatic heterocycles. The number of fused-ring (bicyclic) bond motifs is 2. The fraction of sp³-hybridized carbons (Fsp3) is 0.214. The van der Waals surface area contributed by atoms with Gasteiger partial charge in [0.1, 0.15) is 5.82 Å². The largest absolute Gasteiger partial charge is 0.489 e. The Morgan fingerprint density at radius 1 is 1.15 bits per heavy atom. The molecule has 1 aliphatic rings. The van der Waals surface area contributed by atoms with Gasteiger partial charge in [-0.05, 0) is 17.7 Å². The zero-order valence-corrected chi connectivity index (χ0v) is 11.2. The fourth-order valence-corrected chi connectivity index (χ4v) is 2.46. The number of ether oxygens (including phenoxy) is 2. The number of furan rings is 1. The maximum absolute atomic E-state index is 5.97. The average molecular weight is 291 g/mol. The van der Waals surface area contributed by atoms with E-state index in [4.69, 9.17) is 25.5 Å². The van der Waals surface area contributed by atoms with Crippen molar-refractivity contribution in [1.82, 2.24) is 9.97 Å². The van der Waals surface area contributed by atoms with Crippen molar-refractivity contribution >= 4 is 22.6 Å². The van der Waals surface area contributed by atoms with Gasteiger partial charge in [0.2, 0.25) is 5.22 Å². The number of imidazole rings is 1. The Balaban J connectivity index is 1.86. The molecule has 102 valence electrons. The van der Waals surface area contributed by atoms with Crippen LogP contribution in [0.3, 0.4) is 0 Å². The number of nitrogens with one attached hydrogen (secondary N) is 1. The SMILES string of the molecule is Clc1occc1-c1nc2cc3c(cc2[nH]1)OCCCO3. The molecule has 0 fully saturated rings. The van der Waals surface area contributed by atoms with Gasteiger partial charge < -0.3 is 18.9 Å². The van der Waals surface area contributed by atoms with Gasteiger partial charge in [-0.3, -0.25) is 0 Å². The molecule has 0 spiro atoms. The van der Waals surface area contributed by atoms with E-state index in [0.717, 1.165) is 34.5 Å². The van der Waals surface area contributed by atoms with Crippen LogP contribution in [0, 0.1) is 0 Å². The van der Waals surface area contributed by atoms with Gasteiger partial charge >= 0.3 is 0 Å². The van der Waals surface area contributed by atoms with Crippen molar-refractivity contribution in [2.24, 2.45) is 0 Å². The first-order valence-electron chi connectivity index (χ1n) is 6.34. The predicted octanol–water partition coefficient (Wildman–Crippen LogP) is 3.64. The van der Waals surface area contributed by atoms with Crippen LogP contribution in [0.5, 0.6) is 11.5 Å². The molecule has 0 saturated carbocycles. The summed E-state index contributed by atoms with van der Waals surface area (Å²) < 4.78 is 16.4. The summed E-state index contributed by atoms with van der Waals surface area (Å²) in [6.07, 6.45) is 2.41. The van der Waals surface area contributed by atoms with E-state index in [-0.39, 0.29) is 0 Å². The van der Waals surface area contributed by atoms with E-state index in [1.54, 1.807) is 6.07 Å². The summed E-state index contributed by atoms with van der Waals surface area (Å²) in [6, 6.07) is 5.56. The summed E-state index contributed by atoms with van der Waals surface area (Å²) in [6.45, 7) is 1.32. The van der Waals surface area contributed by atoms with Gasteiger partial charge in [-0.15, -0.1) is 0 Å². The van der Waals surface area contributed by atoms with Crippen LogP contribution in [-0.2, 0) is 0 Å². The van der Waals surface area contributed by atoms with Crippen molar-refractivity contribution in [3.05, 3.63) is 29.7 Å². The van der Waals surface area contributed by atoms with E-state index in [9.17, 15) is 0 Å². The summed E-state index contributed by atoms with van der Waals surface area (Å²) in [7, 11) is 0. The van der Waals surface area contributed by atoms with Crippen molar-refractivity contribution in [3.8, 4) is 22.9 Å². The molecule has 4 rings (SSSR count). The van der Waals surface area contributed by atoms with Crippen LogP contribution in [0.1, 0.15) is 6.42 Å². The lowest BCUT2D eigenvalue weighted by molar-refractivity contribution is 0.297. The lowest BCUT2D eigenvalue weighted by atomic mass is 10.3. The van der Waals surface area contributed by atoms with Gasteiger partial charge in [0.05, 0.1) is 36.1 Å². The smallest absolute Gasteiger partial charge is 0.203 e. The molecule has 0 amide bonds. The second-order valence-electron chi connectivity index (χ2n) is 4.56. The highest BCUT2D eigenvalue weighted by Crippen LogP contribution is 2.35. The number of hydrogen-bond acceptors (Lipinski definition) is 4. The number of nitrogens with zero attached hydrogens (tertiary/aromatic N) is 1. The van der Waals surface area contributed by atoms with Crippen molar-refractivity contribution in [3.63, 3.8) is 0 Å². The van der Waals surface area contributed by atoms with Crippen molar-refractivity contribution in [2.45, 2.75) is 6.42 Å². The first-order valence-corrected chi connectivity index (χ1v) is 6.72. The van der Waals surface area contributed by atoms with E-state index < -0.39 is 0 Å². The minimum atomic E-state index is 0.318. The Morgan fingerprint density at radius 2 is 1.95 bits per heavy atom. The molecule has 5 nitrogen and oxygen atoms in total. The van der Waals surface area contributed by atoms with Gasteiger partial charge in [0.15, 0.2) is 11.5 Å². The Bertz CT molecular complexity index is 735. The number of H-pyrrole nitrogens is 1. The second kappa shape index (κ2) is 4.45. The monoisotopic (exact) mass is 290 g/mol. The fourth-order valence-electron chi connectivity index (χ4n) is 2.26. The summed E-state index contributed by atoms with van der Waals surface area (Å²) >= 11 is 5.97. The minimum absolute atomic E-state index is 0.318. The topological polar surface area (TPSA) is 60.3 Å². The highest BCUT2D eigenvalue weighted by molar-refractivity contribution is 6.31. The maximum atomic E-state index is 5.97. The second-order valence-corrected chi connectivity index (χ2v) is 4.90. The molecular formula is C14H11ClN2O3. The van der Waals surface area contributed by atoms with Gasteiger partial charge in [0, 0.05) is 18.6 Å². The maximum Gasteiger partial charge on any atom is 0.203 e. The Labute approximate surface area is 119 Å². The molecule has 0 unspecified atom stereocenters. The summed E-state index contributed by atoms with van der Waals surface area (Å²) in [5, 5.41) is 0.318.